The molecule has 560 valence electrons. The van der Waals surface area contributed by atoms with E-state index in [4.69, 9.17) is 0 Å². The van der Waals surface area contributed by atoms with E-state index in [9.17, 15) is 0 Å². The van der Waals surface area contributed by atoms with Crippen molar-refractivity contribution in [2.75, 3.05) is 4.90 Å². The van der Waals surface area contributed by atoms with Gasteiger partial charge >= 0.3 is 0 Å². The topological polar surface area (TPSA) is 23.0 Å². The van der Waals surface area contributed by atoms with E-state index in [0.29, 0.717) is 0 Å². The number of benzene rings is 18. The molecule has 0 bridgehead atoms. The normalized spacial score (nSPS) is 12.4. The highest BCUT2D eigenvalue weighted by Crippen LogP contribution is 2.40. The average Bonchev–Trinajstić information content (AvgIpc) is 1.47. The quantitative estimate of drug-likeness (QED) is 0.146. The van der Waals surface area contributed by atoms with Crippen molar-refractivity contribution in [3.05, 3.63) is 441 Å². The fourth-order valence-corrected chi connectivity index (χ4v) is 21.0. The maximum atomic E-state index is 2.47. The van der Waals surface area contributed by atoms with Crippen LogP contribution in [0.25, 0.3) is 110 Å². The lowest BCUT2D eigenvalue weighted by atomic mass is 9.35. The van der Waals surface area contributed by atoms with E-state index < -0.39 is 0 Å². The Bertz CT molecular complexity index is 7760. The molecule has 5 nitrogen and oxygen atoms in total. The van der Waals surface area contributed by atoms with Crippen LogP contribution in [0.15, 0.2) is 425 Å². The Hall–Kier alpha value is -14.8. The lowest BCUT2D eigenvalue weighted by Gasteiger charge is -2.28. The third-order valence-corrected chi connectivity index (χ3v) is 26.0. The first-order chi connectivity index (χ1) is 59.4. The zero-order valence-corrected chi connectivity index (χ0v) is 67.0. The average molecular weight is 1530 g/mol. The highest BCUT2D eigenvalue weighted by molar-refractivity contribution is 7.00. The van der Waals surface area contributed by atoms with Gasteiger partial charge in [-0.3, -0.25) is 0 Å². The Morgan fingerprint density at radius 2 is 0.500 bits per heavy atom. The molecule has 0 amide bonds. The number of rotatable bonds is 7. The molecule has 0 atom stereocenters. The molecule has 4 aliphatic heterocycles. The van der Waals surface area contributed by atoms with Crippen LogP contribution in [0.2, 0.25) is 0 Å². The SMILES string of the molecule is Cc1ccc2c3ccccc3n3c2c1B(c1ccccc1)c1ccccc1-3.Cc1cccc(B2c3ccccc3-n3c4ccccc4c4cccc2c43)c1.Cc1ccccc1B1c2ccccc2-n2c3ccccc3c3cccc1c32.c1ccc(N(c2ccccc2)c2ccc(B3c4ccccc4-n4c5ccccc5c5cccc3c54)cc2)cc1. The standard InChI is InChI=1S/C36H25BN2.3C25H18BN/c1-3-12-27(13-4-1)38(28-14-5-2-6-15-28)29-24-22-26(23-25-29)37-32-18-8-10-21-35(32)39-34-20-9-7-16-30(34)31-17-11-19-33(37)36(31)39;1-17-9-2-4-12-20(17)26-21-13-5-7-16-24(21)27-23-15-6-3-10-18(23)19-11-8-14-22(26)25(19)27;1-17-8-6-9-18(16-17)26-21-12-3-5-15-24(21)27-23-14-4-2-10-19(23)20-11-7-13-22(26)25(20)27;1-17-15-16-20-19-11-5-7-13-22(19)27-23-14-8-6-12-21(23)26(24(17)25(20)27)18-9-3-2-4-10-18/h1-25H;3*2-16H,1H3. The first-order valence-electron chi connectivity index (χ1n) is 42.0. The summed E-state index contributed by atoms with van der Waals surface area (Å²) in [7, 11) is 0. The van der Waals surface area contributed by atoms with Gasteiger partial charge in [-0.15, -0.1) is 0 Å². The van der Waals surface area contributed by atoms with Gasteiger partial charge in [-0.2, -0.15) is 0 Å². The smallest absolute Gasteiger partial charge is 0.247 e. The third kappa shape index (κ3) is 11.1. The van der Waals surface area contributed by atoms with Crippen molar-refractivity contribution in [3.63, 3.8) is 0 Å². The molecule has 0 fully saturated rings. The van der Waals surface area contributed by atoms with Gasteiger partial charge in [0, 0.05) is 105 Å². The number of nitrogens with zero attached hydrogens (tertiary/aromatic N) is 5. The molecule has 4 aromatic heterocycles. The van der Waals surface area contributed by atoms with Crippen LogP contribution in [0.4, 0.5) is 17.1 Å². The molecule has 120 heavy (non-hydrogen) atoms. The van der Waals surface area contributed by atoms with Crippen LogP contribution >= 0.6 is 0 Å². The molecule has 8 heterocycles. The van der Waals surface area contributed by atoms with E-state index in [0.717, 1.165) is 17.1 Å². The molecular weight excluding hydrogens is 1450 g/mol. The summed E-state index contributed by atoms with van der Waals surface area (Å²) in [6.45, 7) is 7.61. The van der Waals surface area contributed by atoms with Crippen LogP contribution in [0.5, 0.6) is 0 Å². The summed E-state index contributed by atoms with van der Waals surface area (Å²) in [5.41, 5.74) is 39.6. The van der Waals surface area contributed by atoms with Crippen LogP contribution < -0.4 is 70.5 Å². The first-order valence-corrected chi connectivity index (χ1v) is 42.0. The van der Waals surface area contributed by atoms with Gasteiger partial charge in [0.05, 0.1) is 22.1 Å². The molecule has 4 aliphatic rings. The molecule has 0 saturated carbocycles. The number of aromatic nitrogens is 4. The van der Waals surface area contributed by atoms with Gasteiger partial charge in [-0.05, 0) is 149 Å². The summed E-state index contributed by atoms with van der Waals surface area (Å²) >= 11 is 0. The summed E-state index contributed by atoms with van der Waals surface area (Å²) in [5.74, 6) is 0. The number of hydrogen-bond donors (Lipinski definition) is 0. The Morgan fingerprint density at radius 3 is 0.950 bits per heavy atom. The molecule has 0 aliphatic carbocycles. The van der Waals surface area contributed by atoms with Crippen molar-refractivity contribution < 1.29 is 0 Å². The van der Waals surface area contributed by atoms with Crippen LogP contribution in [-0.2, 0) is 0 Å². The monoisotopic (exact) mass is 1530 g/mol. The van der Waals surface area contributed by atoms with Crippen molar-refractivity contribution in [3.8, 4) is 22.7 Å². The predicted molar refractivity (Wildman–Crippen MR) is 516 cm³/mol. The minimum Gasteiger partial charge on any atom is -0.311 e. The number of hydrogen-bond acceptors (Lipinski definition) is 1. The molecule has 0 saturated heterocycles. The summed E-state index contributed by atoms with van der Waals surface area (Å²) in [6, 6.07) is 155. The predicted octanol–water partition coefficient (Wildman–Crippen LogP) is 18.8. The van der Waals surface area contributed by atoms with Gasteiger partial charge in [0.25, 0.3) is 0 Å². The number of para-hydroxylation sites is 13. The molecule has 26 rings (SSSR count). The van der Waals surface area contributed by atoms with Crippen LogP contribution in [0.1, 0.15) is 16.7 Å². The van der Waals surface area contributed by atoms with Crippen LogP contribution in [0, 0.1) is 20.8 Å². The fourth-order valence-electron chi connectivity index (χ4n) is 21.0. The van der Waals surface area contributed by atoms with Crippen molar-refractivity contribution in [2.45, 2.75) is 20.8 Å². The summed E-state index contributed by atoms with van der Waals surface area (Å²) in [6.07, 6.45) is 0. The highest BCUT2D eigenvalue weighted by Gasteiger charge is 2.39. The molecule has 9 heteroatoms. The maximum Gasteiger partial charge on any atom is 0.247 e. The summed E-state index contributed by atoms with van der Waals surface area (Å²) in [4.78, 5) is 2.32. The molecule has 22 aromatic rings. The van der Waals surface area contributed by atoms with Crippen LogP contribution in [-0.4, -0.2) is 45.1 Å². The van der Waals surface area contributed by atoms with Gasteiger partial charge in [0.1, 0.15) is 0 Å². The lowest BCUT2D eigenvalue weighted by Crippen LogP contribution is -2.56. The molecule has 0 spiro atoms. The molecule has 0 unspecified atom stereocenters. The lowest BCUT2D eigenvalue weighted by molar-refractivity contribution is 1.19. The number of aryl methyl sites for hydroxylation is 3. The fraction of sp³-hybridized carbons (Fsp3) is 0.0270. The second-order valence-corrected chi connectivity index (χ2v) is 32.6. The van der Waals surface area contributed by atoms with Gasteiger partial charge in [0.15, 0.2) is 0 Å². The number of fused-ring (bicyclic) bond motifs is 20. The first kappa shape index (κ1) is 70.6. The van der Waals surface area contributed by atoms with Gasteiger partial charge in [0.2, 0.25) is 26.9 Å². The van der Waals surface area contributed by atoms with E-state index in [1.165, 1.54) is 192 Å². The van der Waals surface area contributed by atoms with E-state index >= 15 is 0 Å². The second kappa shape index (κ2) is 28.8. The largest absolute Gasteiger partial charge is 0.311 e. The minimum atomic E-state index is 0.165. The molecule has 18 aromatic carbocycles. The van der Waals surface area contributed by atoms with Gasteiger partial charge in [-0.25, -0.2) is 0 Å². The van der Waals surface area contributed by atoms with Gasteiger partial charge < -0.3 is 23.2 Å². The van der Waals surface area contributed by atoms with E-state index in [1.54, 1.807) is 0 Å². The third-order valence-electron chi connectivity index (χ3n) is 26.0. The molecular formula is C111H79B4N5. The Morgan fingerprint density at radius 1 is 0.192 bits per heavy atom. The van der Waals surface area contributed by atoms with Crippen molar-refractivity contribution in [2.24, 2.45) is 0 Å². The van der Waals surface area contributed by atoms with Gasteiger partial charge in [-0.1, -0.05) is 378 Å². The Labute approximate surface area is 699 Å². The van der Waals surface area contributed by atoms with E-state index in [1.807, 2.05) is 0 Å². The summed E-state index contributed by atoms with van der Waals surface area (Å²) in [5, 5.41) is 10.6. The minimum absolute atomic E-state index is 0.165. The second-order valence-electron chi connectivity index (χ2n) is 32.6. The number of anilines is 3. The Kier molecular flexibility index (Phi) is 17.0. The van der Waals surface area contributed by atoms with Crippen molar-refractivity contribution >= 4 is 197 Å². The molecule has 0 N–H and O–H groups in total. The van der Waals surface area contributed by atoms with E-state index in [2.05, 4.69) is 469 Å². The molecule has 0 radical (unpaired) electrons. The van der Waals surface area contributed by atoms with Crippen LogP contribution in [0.3, 0.4) is 0 Å². The Balaban J connectivity index is 0.0000000947. The summed E-state index contributed by atoms with van der Waals surface area (Å²) < 4.78 is 9.86. The van der Waals surface area contributed by atoms with Crippen molar-refractivity contribution in [1.29, 1.82) is 0 Å². The van der Waals surface area contributed by atoms with Crippen molar-refractivity contribution in [1.82, 2.24) is 18.3 Å². The zero-order valence-electron chi connectivity index (χ0n) is 67.0. The van der Waals surface area contributed by atoms with E-state index in [-0.39, 0.29) is 26.9 Å². The maximum absolute atomic E-state index is 2.47. The zero-order chi connectivity index (χ0) is 79.6. The highest BCUT2D eigenvalue weighted by atomic mass is 15.1.